The minimum Gasteiger partial charge on any atom is -0.504 e. The standard InChI is InChI=1S/C19H18N2O3S.2CH4/c1-3-24-17-11-13(10-16(21-2)19(20)23)9-14(18(17)22)12-25-15-7-5-4-6-8-15;;/h4-11,22H,3,12H2,1H3,(H2,20,23);2*1H4/b16-10-;;. The second-order valence-electron chi connectivity index (χ2n) is 5.07. The van der Waals surface area contributed by atoms with Crippen LogP contribution in [-0.2, 0) is 10.5 Å². The Morgan fingerprint density at radius 3 is 2.52 bits per heavy atom. The lowest BCUT2D eigenvalue weighted by molar-refractivity contribution is -0.114. The van der Waals surface area contributed by atoms with Crippen LogP contribution in [0.5, 0.6) is 11.5 Å². The first kappa shape index (κ1) is 24.1. The van der Waals surface area contributed by atoms with Crippen LogP contribution in [-0.4, -0.2) is 17.6 Å². The fourth-order valence-corrected chi connectivity index (χ4v) is 3.03. The number of amides is 1. The van der Waals surface area contributed by atoms with Crippen molar-refractivity contribution >= 4 is 23.7 Å². The smallest absolute Gasteiger partial charge is 0.250 e. The van der Waals surface area contributed by atoms with Crippen molar-refractivity contribution in [2.75, 3.05) is 6.61 Å². The third-order valence-corrected chi connectivity index (χ3v) is 4.35. The van der Waals surface area contributed by atoms with Gasteiger partial charge in [0.05, 0.1) is 13.2 Å². The summed E-state index contributed by atoms with van der Waals surface area (Å²) in [6.07, 6.45) is 1.40. The van der Waals surface area contributed by atoms with Crippen molar-refractivity contribution < 1.29 is 14.6 Å². The Morgan fingerprint density at radius 1 is 1.30 bits per heavy atom. The number of rotatable bonds is 7. The Morgan fingerprint density at radius 2 is 1.96 bits per heavy atom. The van der Waals surface area contributed by atoms with Crippen LogP contribution in [0, 0.1) is 6.57 Å². The Balaban J connectivity index is 0.00000338. The van der Waals surface area contributed by atoms with Gasteiger partial charge in [0.1, 0.15) is 0 Å². The molecule has 0 aliphatic carbocycles. The van der Waals surface area contributed by atoms with E-state index in [1.807, 2.05) is 37.3 Å². The predicted octanol–water partition coefficient (Wildman–Crippen LogP) is 5.10. The van der Waals surface area contributed by atoms with Gasteiger partial charge >= 0.3 is 0 Å². The van der Waals surface area contributed by atoms with E-state index in [9.17, 15) is 9.90 Å². The molecule has 0 saturated carbocycles. The van der Waals surface area contributed by atoms with Crippen molar-refractivity contribution in [2.24, 2.45) is 5.73 Å². The van der Waals surface area contributed by atoms with Crippen LogP contribution in [0.15, 0.2) is 53.1 Å². The van der Waals surface area contributed by atoms with Crippen LogP contribution in [0.3, 0.4) is 0 Å². The Hall–Kier alpha value is -2.91. The molecule has 27 heavy (non-hydrogen) atoms. The number of nitrogens with two attached hydrogens (primary N) is 1. The topological polar surface area (TPSA) is 76.9 Å². The summed E-state index contributed by atoms with van der Waals surface area (Å²) in [5, 5.41) is 10.4. The van der Waals surface area contributed by atoms with Crippen LogP contribution in [0.4, 0.5) is 0 Å². The molecule has 0 saturated heterocycles. The molecule has 3 N–H and O–H groups in total. The lowest BCUT2D eigenvalue weighted by Crippen LogP contribution is -2.11. The van der Waals surface area contributed by atoms with Gasteiger partial charge in [0.2, 0.25) is 11.6 Å². The van der Waals surface area contributed by atoms with Crippen LogP contribution in [0.1, 0.15) is 32.9 Å². The van der Waals surface area contributed by atoms with Crippen molar-refractivity contribution in [3.05, 3.63) is 70.7 Å². The van der Waals surface area contributed by atoms with Crippen molar-refractivity contribution in [3.8, 4) is 11.5 Å². The fraction of sp³-hybridized carbons (Fsp3) is 0.238. The third-order valence-electron chi connectivity index (χ3n) is 3.29. The van der Waals surface area contributed by atoms with Crippen LogP contribution in [0.2, 0.25) is 0 Å². The van der Waals surface area contributed by atoms with Gasteiger partial charge in [0.15, 0.2) is 11.5 Å². The zero-order valence-corrected chi connectivity index (χ0v) is 14.5. The van der Waals surface area contributed by atoms with Crippen molar-refractivity contribution in [1.82, 2.24) is 0 Å². The SMILES string of the molecule is C.C.[C-]#[N+]/C(=C\c1cc(CSc2ccccc2)c(O)c(OCC)c1)C(N)=O. The first-order chi connectivity index (χ1) is 12.0. The van der Waals surface area contributed by atoms with E-state index in [0.717, 1.165) is 4.90 Å². The average Bonchev–Trinajstić information content (AvgIpc) is 2.61. The van der Waals surface area contributed by atoms with E-state index >= 15 is 0 Å². The maximum absolute atomic E-state index is 11.3. The summed E-state index contributed by atoms with van der Waals surface area (Å²) in [5.74, 6) is 0.0995. The summed E-state index contributed by atoms with van der Waals surface area (Å²) in [4.78, 5) is 15.5. The van der Waals surface area contributed by atoms with Gasteiger partial charge < -0.3 is 15.6 Å². The zero-order chi connectivity index (χ0) is 18.2. The molecule has 0 aliphatic heterocycles. The van der Waals surface area contributed by atoms with E-state index in [-0.39, 0.29) is 26.3 Å². The Kier molecular flexibility index (Phi) is 10.4. The van der Waals surface area contributed by atoms with Crippen LogP contribution < -0.4 is 10.5 Å². The quantitative estimate of drug-likeness (QED) is 0.394. The van der Waals surface area contributed by atoms with E-state index in [1.54, 1.807) is 23.9 Å². The van der Waals surface area contributed by atoms with Crippen LogP contribution >= 0.6 is 11.8 Å². The van der Waals surface area contributed by atoms with Gasteiger partial charge in [0, 0.05) is 16.2 Å². The highest BCUT2D eigenvalue weighted by Crippen LogP contribution is 2.36. The maximum atomic E-state index is 11.3. The Labute approximate surface area is 165 Å². The summed E-state index contributed by atoms with van der Waals surface area (Å²) in [6, 6.07) is 13.1. The number of nitrogens with zero attached hydrogens (tertiary/aromatic N) is 1. The number of phenols is 1. The number of ether oxygens (including phenoxy) is 1. The molecule has 0 radical (unpaired) electrons. The highest BCUT2D eigenvalue weighted by Gasteiger charge is 2.13. The second-order valence-corrected chi connectivity index (χ2v) is 6.12. The van der Waals surface area contributed by atoms with E-state index < -0.39 is 5.91 Å². The molecule has 6 heteroatoms. The third kappa shape index (κ3) is 6.72. The normalized spacial score (nSPS) is 10.1. The largest absolute Gasteiger partial charge is 0.504 e. The van der Waals surface area contributed by atoms with E-state index in [2.05, 4.69) is 4.85 Å². The molecule has 0 bridgehead atoms. The molecular formula is C21H26N2O3S. The molecule has 2 rings (SSSR count). The molecule has 0 aromatic heterocycles. The lowest BCUT2D eigenvalue weighted by atomic mass is 10.1. The van der Waals surface area contributed by atoms with Gasteiger partial charge in [-0.05, 0) is 42.8 Å². The highest BCUT2D eigenvalue weighted by molar-refractivity contribution is 7.98. The Bertz CT molecular complexity index is 827. The van der Waals surface area contributed by atoms with Crippen molar-refractivity contribution in [3.63, 3.8) is 0 Å². The monoisotopic (exact) mass is 386 g/mol. The lowest BCUT2D eigenvalue weighted by Gasteiger charge is -2.12. The number of thioether (sulfide) groups is 1. The number of phenolic OH excluding ortho intramolecular Hbond substituents is 1. The number of primary amides is 1. The molecule has 2 aromatic rings. The second kappa shape index (κ2) is 11.7. The molecule has 0 spiro atoms. The van der Waals surface area contributed by atoms with Gasteiger partial charge in [-0.2, -0.15) is 0 Å². The number of aromatic hydroxyl groups is 1. The number of carbonyl (C=O) groups is 1. The first-order valence-electron chi connectivity index (χ1n) is 7.60. The molecular weight excluding hydrogens is 360 g/mol. The maximum Gasteiger partial charge on any atom is 0.250 e. The van der Waals surface area contributed by atoms with Gasteiger partial charge in [-0.25, -0.2) is 4.85 Å². The summed E-state index contributed by atoms with van der Waals surface area (Å²) in [6.45, 7) is 9.23. The van der Waals surface area contributed by atoms with E-state index in [4.69, 9.17) is 17.0 Å². The summed E-state index contributed by atoms with van der Waals surface area (Å²) >= 11 is 1.57. The molecule has 0 atom stereocenters. The van der Waals surface area contributed by atoms with Crippen molar-refractivity contribution in [2.45, 2.75) is 32.4 Å². The number of hydrogen-bond acceptors (Lipinski definition) is 4. The number of carbonyl (C=O) groups excluding carboxylic acids is 1. The van der Waals surface area contributed by atoms with Gasteiger partial charge in [-0.15, -0.1) is 11.8 Å². The average molecular weight is 387 g/mol. The molecule has 2 aromatic carbocycles. The van der Waals surface area contributed by atoms with E-state index in [1.165, 1.54) is 6.08 Å². The fourth-order valence-electron chi connectivity index (χ4n) is 2.14. The van der Waals surface area contributed by atoms with Gasteiger partial charge in [0.25, 0.3) is 0 Å². The minimum absolute atomic E-state index is 0. The number of hydrogen-bond donors (Lipinski definition) is 2. The molecule has 5 nitrogen and oxygen atoms in total. The molecule has 0 heterocycles. The molecule has 0 aliphatic rings. The van der Waals surface area contributed by atoms with Crippen LogP contribution in [0.25, 0.3) is 10.9 Å². The van der Waals surface area contributed by atoms with Gasteiger partial charge in [-0.3, -0.25) is 4.79 Å². The molecule has 0 unspecified atom stereocenters. The number of benzene rings is 2. The molecule has 144 valence electrons. The molecule has 1 amide bonds. The minimum atomic E-state index is -0.791. The summed E-state index contributed by atoms with van der Waals surface area (Å²) in [7, 11) is 0. The summed E-state index contributed by atoms with van der Waals surface area (Å²) in [5.41, 5.74) is 6.25. The predicted molar refractivity (Wildman–Crippen MR) is 113 cm³/mol. The zero-order valence-electron chi connectivity index (χ0n) is 13.7. The first-order valence-corrected chi connectivity index (χ1v) is 8.59. The highest BCUT2D eigenvalue weighted by atomic mass is 32.2. The van der Waals surface area contributed by atoms with Crippen molar-refractivity contribution in [1.29, 1.82) is 0 Å². The van der Waals surface area contributed by atoms with E-state index in [0.29, 0.717) is 29.2 Å². The molecule has 0 fully saturated rings. The summed E-state index contributed by atoms with van der Waals surface area (Å²) < 4.78 is 5.46. The van der Waals surface area contributed by atoms with Gasteiger partial charge in [-0.1, -0.05) is 33.1 Å².